The van der Waals surface area contributed by atoms with Crippen LogP contribution in [0.15, 0.2) is 48.6 Å². The number of likely N-dealkylation sites (N-methyl/N-ethyl adjacent to an activating group) is 1. The fraction of sp³-hybridized carbons (Fsp3) is 0.333. The standard InChI is InChI=1S/C15H19N/c1-15(16(2)3)11-9-14(10-12-15)13-7-5-4-6-8-13/h4-11H,12H2,1-3H3. The van der Waals surface area contributed by atoms with Crippen LogP contribution in [-0.4, -0.2) is 24.5 Å². The molecule has 16 heavy (non-hydrogen) atoms. The minimum absolute atomic E-state index is 0.165. The van der Waals surface area contributed by atoms with Crippen LogP contribution in [0.2, 0.25) is 0 Å². The summed E-state index contributed by atoms with van der Waals surface area (Å²) in [6.45, 7) is 2.27. The van der Waals surface area contributed by atoms with Crippen LogP contribution >= 0.6 is 0 Å². The van der Waals surface area contributed by atoms with Crippen LogP contribution in [0.25, 0.3) is 5.57 Å². The van der Waals surface area contributed by atoms with E-state index in [1.165, 1.54) is 11.1 Å². The quantitative estimate of drug-likeness (QED) is 0.728. The van der Waals surface area contributed by atoms with Crippen molar-refractivity contribution in [1.82, 2.24) is 4.90 Å². The Morgan fingerprint density at radius 1 is 1.12 bits per heavy atom. The topological polar surface area (TPSA) is 3.24 Å². The molecule has 1 aromatic carbocycles. The first-order valence-electron chi connectivity index (χ1n) is 5.74. The summed E-state index contributed by atoms with van der Waals surface area (Å²) in [6, 6.07) is 10.6. The molecule has 1 nitrogen and oxygen atoms in total. The third-order valence-corrected chi connectivity index (χ3v) is 3.49. The van der Waals surface area contributed by atoms with E-state index in [0.29, 0.717) is 0 Å². The molecular weight excluding hydrogens is 194 g/mol. The highest BCUT2D eigenvalue weighted by Crippen LogP contribution is 2.29. The Morgan fingerprint density at radius 3 is 2.31 bits per heavy atom. The minimum atomic E-state index is 0.165. The molecule has 0 radical (unpaired) electrons. The molecule has 0 N–H and O–H groups in total. The summed E-state index contributed by atoms with van der Waals surface area (Å²) in [5.74, 6) is 0. The lowest BCUT2D eigenvalue weighted by Gasteiger charge is -2.35. The summed E-state index contributed by atoms with van der Waals surface area (Å²) in [7, 11) is 4.26. The fourth-order valence-electron chi connectivity index (χ4n) is 1.90. The lowest BCUT2D eigenvalue weighted by molar-refractivity contribution is 0.231. The van der Waals surface area contributed by atoms with Gasteiger partial charge in [-0.2, -0.15) is 0 Å². The zero-order valence-corrected chi connectivity index (χ0v) is 10.3. The number of hydrogen-bond donors (Lipinski definition) is 0. The molecule has 0 fully saturated rings. The molecule has 1 aliphatic rings. The van der Waals surface area contributed by atoms with E-state index >= 15 is 0 Å². The maximum absolute atomic E-state index is 2.33. The van der Waals surface area contributed by atoms with E-state index in [1.54, 1.807) is 0 Å². The molecule has 0 aliphatic heterocycles. The highest BCUT2D eigenvalue weighted by atomic mass is 15.1. The number of allylic oxidation sites excluding steroid dienone is 2. The van der Waals surface area contributed by atoms with Crippen LogP contribution in [-0.2, 0) is 0 Å². The average molecular weight is 213 g/mol. The molecule has 0 spiro atoms. The predicted octanol–water partition coefficient (Wildman–Crippen LogP) is 3.35. The van der Waals surface area contributed by atoms with Gasteiger partial charge in [0.05, 0.1) is 0 Å². The Bertz CT molecular complexity index is 414. The Balaban J connectivity index is 2.20. The predicted molar refractivity (Wildman–Crippen MR) is 70.3 cm³/mol. The Hall–Kier alpha value is -1.34. The number of hydrogen-bond acceptors (Lipinski definition) is 1. The molecule has 1 atom stereocenters. The van der Waals surface area contributed by atoms with Gasteiger partial charge in [-0.15, -0.1) is 0 Å². The van der Waals surface area contributed by atoms with Gasteiger partial charge in [-0.1, -0.05) is 48.6 Å². The summed E-state index contributed by atoms with van der Waals surface area (Å²) in [4.78, 5) is 2.27. The molecule has 0 heterocycles. The molecule has 1 heteroatoms. The summed E-state index contributed by atoms with van der Waals surface area (Å²) < 4.78 is 0. The highest BCUT2D eigenvalue weighted by Gasteiger charge is 2.24. The molecule has 0 amide bonds. The second kappa shape index (κ2) is 4.26. The van der Waals surface area contributed by atoms with Gasteiger partial charge in [0.2, 0.25) is 0 Å². The van der Waals surface area contributed by atoms with Gasteiger partial charge >= 0.3 is 0 Å². The van der Waals surface area contributed by atoms with E-state index in [0.717, 1.165) is 6.42 Å². The van der Waals surface area contributed by atoms with E-state index in [9.17, 15) is 0 Å². The van der Waals surface area contributed by atoms with E-state index in [1.807, 2.05) is 0 Å². The van der Waals surface area contributed by atoms with Crippen molar-refractivity contribution in [2.75, 3.05) is 14.1 Å². The minimum Gasteiger partial charge on any atom is -0.300 e. The molecule has 84 valence electrons. The van der Waals surface area contributed by atoms with Crippen LogP contribution < -0.4 is 0 Å². The summed E-state index contributed by atoms with van der Waals surface area (Å²) in [5.41, 5.74) is 2.80. The van der Waals surface area contributed by atoms with Crippen molar-refractivity contribution in [2.45, 2.75) is 18.9 Å². The van der Waals surface area contributed by atoms with E-state index in [-0.39, 0.29) is 5.54 Å². The second-order valence-corrected chi connectivity index (χ2v) is 4.81. The SMILES string of the molecule is CN(C)C1(C)C=CC(c2ccccc2)=CC1. The van der Waals surface area contributed by atoms with Crippen molar-refractivity contribution >= 4 is 5.57 Å². The van der Waals surface area contributed by atoms with Crippen molar-refractivity contribution in [3.8, 4) is 0 Å². The molecule has 0 aromatic heterocycles. The Morgan fingerprint density at radius 2 is 1.81 bits per heavy atom. The lowest BCUT2D eigenvalue weighted by Crippen LogP contribution is -2.39. The van der Waals surface area contributed by atoms with Crippen molar-refractivity contribution in [1.29, 1.82) is 0 Å². The largest absolute Gasteiger partial charge is 0.300 e. The van der Waals surface area contributed by atoms with Crippen LogP contribution in [0.5, 0.6) is 0 Å². The number of benzene rings is 1. The third kappa shape index (κ3) is 2.10. The molecule has 0 bridgehead atoms. The van der Waals surface area contributed by atoms with Gasteiger partial charge in [0, 0.05) is 5.54 Å². The zero-order valence-electron chi connectivity index (χ0n) is 10.3. The lowest BCUT2D eigenvalue weighted by atomic mass is 9.87. The molecule has 1 aliphatic carbocycles. The van der Waals surface area contributed by atoms with E-state index in [2.05, 4.69) is 74.5 Å². The van der Waals surface area contributed by atoms with Crippen LogP contribution in [0.3, 0.4) is 0 Å². The maximum atomic E-state index is 2.33. The van der Waals surface area contributed by atoms with Gasteiger partial charge in [0.15, 0.2) is 0 Å². The van der Waals surface area contributed by atoms with Crippen molar-refractivity contribution < 1.29 is 0 Å². The second-order valence-electron chi connectivity index (χ2n) is 4.81. The number of rotatable bonds is 2. The van der Waals surface area contributed by atoms with Gasteiger partial charge in [0.25, 0.3) is 0 Å². The smallest absolute Gasteiger partial charge is 0.0395 e. The first kappa shape index (κ1) is 11.2. The van der Waals surface area contributed by atoms with Gasteiger partial charge in [-0.05, 0) is 38.6 Å². The monoisotopic (exact) mass is 213 g/mol. The Labute approximate surface area is 98.1 Å². The van der Waals surface area contributed by atoms with Crippen LogP contribution in [0.4, 0.5) is 0 Å². The van der Waals surface area contributed by atoms with Crippen molar-refractivity contribution in [3.05, 3.63) is 54.1 Å². The molecule has 1 unspecified atom stereocenters. The van der Waals surface area contributed by atoms with Crippen molar-refractivity contribution in [2.24, 2.45) is 0 Å². The maximum Gasteiger partial charge on any atom is 0.0395 e. The average Bonchev–Trinajstić information content (AvgIpc) is 2.31. The van der Waals surface area contributed by atoms with Gasteiger partial charge in [-0.3, -0.25) is 0 Å². The molecule has 1 aromatic rings. The molecule has 0 saturated heterocycles. The number of nitrogens with zero attached hydrogens (tertiary/aromatic N) is 1. The third-order valence-electron chi connectivity index (χ3n) is 3.49. The van der Waals surface area contributed by atoms with Gasteiger partial charge in [0.1, 0.15) is 0 Å². The normalized spacial score (nSPS) is 24.6. The van der Waals surface area contributed by atoms with Gasteiger partial charge < -0.3 is 4.90 Å². The highest BCUT2D eigenvalue weighted by molar-refractivity contribution is 5.75. The summed E-state index contributed by atoms with van der Waals surface area (Å²) in [5, 5.41) is 0. The Kier molecular flexibility index (Phi) is 2.97. The first-order chi connectivity index (χ1) is 7.62. The molecule has 0 saturated carbocycles. The first-order valence-corrected chi connectivity index (χ1v) is 5.74. The van der Waals surface area contributed by atoms with E-state index < -0.39 is 0 Å². The van der Waals surface area contributed by atoms with Crippen molar-refractivity contribution in [3.63, 3.8) is 0 Å². The summed E-state index contributed by atoms with van der Waals surface area (Å²) >= 11 is 0. The fourth-order valence-corrected chi connectivity index (χ4v) is 1.90. The van der Waals surface area contributed by atoms with Crippen LogP contribution in [0.1, 0.15) is 18.9 Å². The zero-order chi connectivity index (χ0) is 11.6. The van der Waals surface area contributed by atoms with Crippen LogP contribution in [0, 0.1) is 0 Å². The molecule has 2 rings (SSSR count). The molecular formula is C15H19N. The van der Waals surface area contributed by atoms with E-state index in [4.69, 9.17) is 0 Å². The summed E-state index contributed by atoms with van der Waals surface area (Å²) in [6.07, 6.45) is 7.93. The van der Waals surface area contributed by atoms with Gasteiger partial charge in [-0.25, -0.2) is 0 Å².